The molecular weight excluding hydrogens is 297 g/mol. The third-order valence-electron chi connectivity index (χ3n) is 1.85. The Morgan fingerprint density at radius 2 is 2.23 bits per heavy atom. The average molecular weight is 303 g/mol. The summed E-state index contributed by atoms with van der Waals surface area (Å²) < 4.78 is 2.15. The molecule has 1 aromatic carbocycles. The van der Waals surface area contributed by atoms with Gasteiger partial charge >= 0.3 is 0 Å². The Labute approximate surface area is 92.9 Å². The predicted molar refractivity (Wildman–Crippen MR) is 64.3 cm³/mol. The van der Waals surface area contributed by atoms with Gasteiger partial charge in [0, 0.05) is 10.4 Å². The van der Waals surface area contributed by atoms with E-state index >= 15 is 0 Å². The highest BCUT2D eigenvalue weighted by atomic mass is 127. The first-order valence-corrected chi connectivity index (χ1v) is 5.54. The summed E-state index contributed by atoms with van der Waals surface area (Å²) in [6, 6.07) is 5.76. The van der Waals surface area contributed by atoms with Gasteiger partial charge < -0.3 is 5.73 Å². The summed E-state index contributed by atoms with van der Waals surface area (Å²) in [4.78, 5) is 10.8. The molecule has 2 aromatic rings. The van der Waals surface area contributed by atoms with Crippen LogP contribution in [0, 0.1) is 2.88 Å². The van der Waals surface area contributed by atoms with E-state index in [-0.39, 0.29) is 0 Å². The predicted octanol–water partition coefficient (Wildman–Crippen LogP) is 2.90. The van der Waals surface area contributed by atoms with Gasteiger partial charge in [-0.25, -0.2) is 0 Å². The fourth-order valence-corrected chi connectivity index (χ4v) is 3.13. The lowest BCUT2D eigenvalue weighted by Crippen LogP contribution is -1.91. The number of nitrogens with two attached hydrogens (primary N) is 1. The molecule has 0 atom stereocenters. The molecule has 0 fully saturated rings. The molecule has 1 aromatic heterocycles. The Morgan fingerprint density at radius 3 is 2.92 bits per heavy atom. The zero-order valence-corrected chi connectivity index (χ0v) is 9.56. The van der Waals surface area contributed by atoms with Crippen molar-refractivity contribution in [1.29, 1.82) is 0 Å². The van der Waals surface area contributed by atoms with Crippen molar-refractivity contribution in [2.24, 2.45) is 0 Å². The van der Waals surface area contributed by atoms with E-state index in [9.17, 15) is 4.79 Å². The molecule has 0 saturated carbocycles. The summed E-state index contributed by atoms with van der Waals surface area (Å²) in [6.07, 6.45) is 0.824. The van der Waals surface area contributed by atoms with E-state index in [2.05, 4.69) is 22.6 Å². The molecule has 0 aliphatic carbocycles. The first-order chi connectivity index (χ1) is 6.22. The second-order valence-corrected chi connectivity index (χ2v) is 5.60. The number of thiophene rings is 1. The molecule has 0 amide bonds. The minimum atomic E-state index is 0.556. The molecular formula is C9H6INOS. The highest BCUT2D eigenvalue weighted by molar-refractivity contribution is 14.1. The van der Waals surface area contributed by atoms with Gasteiger partial charge in [-0.1, -0.05) is 6.07 Å². The van der Waals surface area contributed by atoms with Crippen molar-refractivity contribution in [3.63, 3.8) is 0 Å². The second kappa shape index (κ2) is 3.26. The smallest absolute Gasteiger partial charge is 0.153 e. The third-order valence-corrected chi connectivity index (χ3v) is 3.79. The topological polar surface area (TPSA) is 43.1 Å². The number of hydrogen-bond donors (Lipinski definition) is 1. The third kappa shape index (κ3) is 1.44. The summed E-state index contributed by atoms with van der Waals surface area (Å²) in [5, 5.41) is 1.09. The summed E-state index contributed by atoms with van der Waals surface area (Å²) in [5.41, 5.74) is 6.85. The van der Waals surface area contributed by atoms with Crippen LogP contribution in [-0.4, -0.2) is 6.29 Å². The monoisotopic (exact) mass is 303 g/mol. The number of nitrogen functional groups attached to an aromatic ring is 1. The van der Waals surface area contributed by atoms with Gasteiger partial charge in [0.1, 0.15) is 0 Å². The summed E-state index contributed by atoms with van der Waals surface area (Å²) >= 11 is 3.83. The van der Waals surface area contributed by atoms with Crippen LogP contribution in [0.5, 0.6) is 0 Å². The van der Waals surface area contributed by atoms with Gasteiger partial charge in [-0.05, 0) is 40.1 Å². The van der Waals surface area contributed by atoms with Crippen molar-refractivity contribution in [1.82, 2.24) is 0 Å². The fraction of sp³-hybridized carbons (Fsp3) is 0. The molecule has 0 saturated heterocycles. The van der Waals surface area contributed by atoms with Crippen molar-refractivity contribution in [2.75, 3.05) is 5.73 Å². The Morgan fingerprint density at radius 1 is 1.46 bits per heavy atom. The highest BCUT2D eigenvalue weighted by Gasteiger charge is 2.07. The SMILES string of the molecule is Nc1ccc2cc(I)sc2c1C=O. The van der Waals surface area contributed by atoms with Crippen LogP contribution >= 0.6 is 33.9 Å². The lowest BCUT2D eigenvalue weighted by Gasteiger charge is -1.98. The molecule has 0 aliphatic heterocycles. The van der Waals surface area contributed by atoms with E-state index in [0.29, 0.717) is 11.3 Å². The molecule has 0 spiro atoms. The lowest BCUT2D eigenvalue weighted by molar-refractivity contribution is 0.112. The number of fused-ring (bicyclic) bond motifs is 1. The lowest BCUT2D eigenvalue weighted by atomic mass is 10.1. The highest BCUT2D eigenvalue weighted by Crippen LogP contribution is 2.31. The van der Waals surface area contributed by atoms with Crippen molar-refractivity contribution in [3.8, 4) is 0 Å². The van der Waals surface area contributed by atoms with Gasteiger partial charge in [-0.3, -0.25) is 4.79 Å². The van der Waals surface area contributed by atoms with Crippen LogP contribution in [0.3, 0.4) is 0 Å². The van der Waals surface area contributed by atoms with Crippen molar-refractivity contribution in [2.45, 2.75) is 0 Å². The Hall–Kier alpha value is -0.620. The van der Waals surface area contributed by atoms with E-state index in [4.69, 9.17) is 5.73 Å². The van der Waals surface area contributed by atoms with Crippen LogP contribution < -0.4 is 5.73 Å². The van der Waals surface area contributed by atoms with Crippen LogP contribution in [0.1, 0.15) is 10.4 Å². The Kier molecular flexibility index (Phi) is 2.25. The molecule has 66 valence electrons. The van der Waals surface area contributed by atoms with Crippen LogP contribution in [0.4, 0.5) is 5.69 Å². The molecule has 1 heterocycles. The first kappa shape index (κ1) is 8.96. The molecule has 2 nitrogen and oxygen atoms in total. The van der Waals surface area contributed by atoms with Crippen LogP contribution in [-0.2, 0) is 0 Å². The summed E-state index contributed by atoms with van der Waals surface area (Å²) in [6.45, 7) is 0. The molecule has 0 bridgehead atoms. The Balaban J connectivity index is 2.90. The number of hydrogen-bond acceptors (Lipinski definition) is 3. The van der Waals surface area contributed by atoms with Gasteiger partial charge in [-0.15, -0.1) is 11.3 Å². The molecule has 4 heteroatoms. The largest absolute Gasteiger partial charge is 0.398 e. The van der Waals surface area contributed by atoms with Crippen LogP contribution in [0.2, 0.25) is 0 Å². The van der Waals surface area contributed by atoms with E-state index in [1.807, 2.05) is 12.1 Å². The maximum atomic E-state index is 10.8. The molecule has 0 unspecified atom stereocenters. The maximum Gasteiger partial charge on any atom is 0.153 e. The number of rotatable bonds is 1. The number of halogens is 1. The maximum absolute atomic E-state index is 10.8. The van der Waals surface area contributed by atoms with Gasteiger partial charge in [0.15, 0.2) is 6.29 Å². The van der Waals surface area contributed by atoms with Crippen LogP contribution in [0.25, 0.3) is 10.1 Å². The summed E-state index contributed by atoms with van der Waals surface area (Å²) in [5.74, 6) is 0. The normalized spacial score (nSPS) is 10.5. The second-order valence-electron chi connectivity index (χ2n) is 2.66. The minimum absolute atomic E-state index is 0.556. The van der Waals surface area contributed by atoms with Crippen LogP contribution in [0.15, 0.2) is 18.2 Å². The van der Waals surface area contributed by atoms with Gasteiger partial charge in [-0.2, -0.15) is 0 Å². The zero-order valence-electron chi connectivity index (χ0n) is 6.58. The number of aldehydes is 1. The molecule has 2 N–H and O–H groups in total. The minimum Gasteiger partial charge on any atom is -0.398 e. The molecule has 2 rings (SSSR count). The van der Waals surface area contributed by atoms with E-state index in [1.54, 1.807) is 17.4 Å². The number of carbonyl (C=O) groups is 1. The van der Waals surface area contributed by atoms with Gasteiger partial charge in [0.05, 0.1) is 8.45 Å². The standard InChI is InChI=1S/C9H6INOS/c10-8-3-5-1-2-7(11)6(4-12)9(5)13-8/h1-4H,11H2. The van der Waals surface area contributed by atoms with E-state index in [1.165, 1.54) is 2.88 Å². The van der Waals surface area contributed by atoms with Gasteiger partial charge in [0.2, 0.25) is 0 Å². The first-order valence-electron chi connectivity index (χ1n) is 3.65. The fourth-order valence-electron chi connectivity index (χ4n) is 1.23. The average Bonchev–Trinajstić information content (AvgIpc) is 2.45. The van der Waals surface area contributed by atoms with E-state index in [0.717, 1.165) is 16.4 Å². The molecule has 0 aliphatic rings. The summed E-state index contributed by atoms with van der Waals surface area (Å²) in [7, 11) is 0. The van der Waals surface area contributed by atoms with Crippen molar-refractivity contribution in [3.05, 3.63) is 26.6 Å². The quantitative estimate of drug-likeness (QED) is 0.500. The van der Waals surface area contributed by atoms with Gasteiger partial charge in [0.25, 0.3) is 0 Å². The van der Waals surface area contributed by atoms with Crippen molar-refractivity contribution >= 4 is 56.0 Å². The zero-order chi connectivity index (χ0) is 9.42. The van der Waals surface area contributed by atoms with E-state index < -0.39 is 0 Å². The van der Waals surface area contributed by atoms with Crippen molar-refractivity contribution < 1.29 is 4.79 Å². The number of carbonyl (C=O) groups excluding carboxylic acids is 1. The Bertz CT molecular complexity index is 478. The molecule has 0 radical (unpaired) electrons. The number of benzene rings is 1. The number of anilines is 1. The molecule has 13 heavy (non-hydrogen) atoms.